The van der Waals surface area contributed by atoms with Crippen molar-refractivity contribution in [3.05, 3.63) is 59.3 Å². The summed E-state index contributed by atoms with van der Waals surface area (Å²) in [6.07, 6.45) is 8.94. The lowest BCUT2D eigenvalue weighted by molar-refractivity contribution is 0.445. The molecule has 3 aromatic rings. The number of H-pyrrole nitrogens is 1. The zero-order chi connectivity index (χ0) is 16.5. The molecule has 2 nitrogen and oxygen atoms in total. The van der Waals surface area contributed by atoms with Crippen LogP contribution < -0.4 is 4.74 Å². The monoisotopic (exact) mass is 319 g/mol. The third-order valence-corrected chi connectivity index (χ3v) is 5.36. The number of fused-ring (bicyclic) bond motifs is 1. The highest BCUT2D eigenvalue weighted by Crippen LogP contribution is 2.38. The molecular formula is C22H25NO. The fraction of sp³-hybridized carbons (Fsp3) is 0.364. The van der Waals surface area contributed by atoms with Crippen molar-refractivity contribution in [1.29, 1.82) is 0 Å². The maximum absolute atomic E-state index is 6.25. The molecular weight excluding hydrogens is 294 g/mol. The highest BCUT2D eigenvalue weighted by molar-refractivity contribution is 5.85. The first kappa shape index (κ1) is 15.3. The van der Waals surface area contributed by atoms with E-state index in [2.05, 4.69) is 61.4 Å². The zero-order valence-electron chi connectivity index (χ0n) is 14.6. The molecule has 0 aliphatic heterocycles. The Balaban J connectivity index is 1.69. The molecule has 0 bridgehead atoms. The van der Waals surface area contributed by atoms with Gasteiger partial charge in [0.05, 0.1) is 0 Å². The second-order valence-corrected chi connectivity index (χ2v) is 7.11. The quantitative estimate of drug-likeness (QED) is 0.576. The van der Waals surface area contributed by atoms with Crippen molar-refractivity contribution in [2.75, 3.05) is 0 Å². The molecule has 1 aromatic heterocycles. The summed E-state index contributed by atoms with van der Waals surface area (Å²) in [7, 11) is 0. The summed E-state index contributed by atoms with van der Waals surface area (Å²) in [5, 5.41) is 1.32. The van der Waals surface area contributed by atoms with Crippen LogP contribution in [-0.2, 0) is 0 Å². The number of hydrogen-bond acceptors (Lipinski definition) is 1. The van der Waals surface area contributed by atoms with Gasteiger partial charge in [-0.25, -0.2) is 0 Å². The van der Waals surface area contributed by atoms with Crippen molar-refractivity contribution in [3.8, 4) is 11.5 Å². The smallest absolute Gasteiger partial charge is 0.133 e. The Morgan fingerprint density at radius 2 is 1.71 bits per heavy atom. The lowest BCUT2D eigenvalue weighted by atomic mass is 9.84. The van der Waals surface area contributed by atoms with Crippen LogP contribution in [0.25, 0.3) is 10.9 Å². The van der Waals surface area contributed by atoms with E-state index in [0.29, 0.717) is 5.92 Å². The Hall–Kier alpha value is -2.22. The molecule has 0 atom stereocenters. The molecule has 24 heavy (non-hydrogen) atoms. The predicted octanol–water partition coefficient (Wildman–Crippen LogP) is 6.62. The second-order valence-electron chi connectivity index (χ2n) is 7.11. The fourth-order valence-corrected chi connectivity index (χ4v) is 4.01. The summed E-state index contributed by atoms with van der Waals surface area (Å²) in [5.41, 5.74) is 5.04. The maximum Gasteiger partial charge on any atom is 0.133 e. The van der Waals surface area contributed by atoms with Crippen LogP contribution in [0.1, 0.15) is 54.7 Å². The van der Waals surface area contributed by atoms with E-state index in [4.69, 9.17) is 4.74 Å². The zero-order valence-corrected chi connectivity index (χ0v) is 14.6. The SMILES string of the molecule is Cc1cccc(C)c1Oc1ccc2[nH]cc(C3CCCCC3)c2c1. The number of rotatable bonds is 3. The molecule has 0 saturated heterocycles. The molecule has 1 N–H and O–H groups in total. The Kier molecular flexibility index (Phi) is 4.05. The lowest BCUT2D eigenvalue weighted by Gasteiger charge is -2.21. The fourth-order valence-electron chi connectivity index (χ4n) is 4.01. The van der Waals surface area contributed by atoms with Gasteiger partial charge in [0.25, 0.3) is 0 Å². The molecule has 1 aliphatic carbocycles. The van der Waals surface area contributed by atoms with E-state index in [0.717, 1.165) is 11.5 Å². The number of aromatic nitrogens is 1. The summed E-state index contributed by atoms with van der Waals surface area (Å²) in [5.74, 6) is 2.60. The van der Waals surface area contributed by atoms with E-state index in [-0.39, 0.29) is 0 Å². The number of hydrogen-bond donors (Lipinski definition) is 1. The molecule has 1 saturated carbocycles. The number of aromatic amines is 1. The maximum atomic E-state index is 6.25. The molecule has 1 fully saturated rings. The van der Waals surface area contributed by atoms with Gasteiger partial charge in [-0.1, -0.05) is 37.5 Å². The summed E-state index contributed by atoms with van der Waals surface area (Å²) in [6.45, 7) is 4.20. The number of ether oxygens (including phenoxy) is 1. The van der Waals surface area contributed by atoms with E-state index < -0.39 is 0 Å². The van der Waals surface area contributed by atoms with Crippen molar-refractivity contribution in [2.24, 2.45) is 0 Å². The first-order chi connectivity index (χ1) is 11.7. The average molecular weight is 319 g/mol. The van der Waals surface area contributed by atoms with Gasteiger partial charge in [-0.3, -0.25) is 0 Å². The van der Waals surface area contributed by atoms with Crippen LogP contribution in [0.5, 0.6) is 11.5 Å². The van der Waals surface area contributed by atoms with Gasteiger partial charge in [0.2, 0.25) is 0 Å². The third kappa shape index (κ3) is 2.82. The highest BCUT2D eigenvalue weighted by atomic mass is 16.5. The largest absolute Gasteiger partial charge is 0.457 e. The average Bonchev–Trinajstić information content (AvgIpc) is 3.02. The van der Waals surface area contributed by atoms with E-state index in [9.17, 15) is 0 Å². The molecule has 0 spiro atoms. The highest BCUT2D eigenvalue weighted by Gasteiger charge is 2.19. The van der Waals surface area contributed by atoms with Gasteiger partial charge in [0, 0.05) is 17.1 Å². The first-order valence-electron chi connectivity index (χ1n) is 9.07. The number of aryl methyl sites for hydroxylation is 2. The van der Waals surface area contributed by atoms with Crippen molar-refractivity contribution in [1.82, 2.24) is 4.98 Å². The summed E-state index contributed by atoms with van der Waals surface area (Å²) < 4.78 is 6.25. The van der Waals surface area contributed by atoms with Gasteiger partial charge in [-0.05, 0) is 67.5 Å². The van der Waals surface area contributed by atoms with Gasteiger partial charge in [-0.15, -0.1) is 0 Å². The topological polar surface area (TPSA) is 25.0 Å². The minimum absolute atomic E-state index is 0.697. The lowest BCUT2D eigenvalue weighted by Crippen LogP contribution is -2.03. The van der Waals surface area contributed by atoms with E-state index in [1.54, 1.807) is 0 Å². The van der Waals surface area contributed by atoms with Crippen molar-refractivity contribution >= 4 is 10.9 Å². The van der Waals surface area contributed by atoms with Gasteiger partial charge in [0.1, 0.15) is 11.5 Å². The van der Waals surface area contributed by atoms with Crippen molar-refractivity contribution in [3.63, 3.8) is 0 Å². The molecule has 1 aliphatic rings. The minimum Gasteiger partial charge on any atom is -0.457 e. The van der Waals surface area contributed by atoms with Crippen molar-refractivity contribution < 1.29 is 4.74 Å². The van der Waals surface area contributed by atoms with Crippen LogP contribution in [0.4, 0.5) is 0 Å². The van der Waals surface area contributed by atoms with E-state index >= 15 is 0 Å². The molecule has 124 valence electrons. The number of benzene rings is 2. The minimum atomic E-state index is 0.697. The molecule has 1 heterocycles. The standard InChI is InChI=1S/C22H25NO/c1-15-7-6-8-16(2)22(15)24-18-11-12-21-19(13-18)20(14-23-21)17-9-4-3-5-10-17/h6-8,11-14,17,23H,3-5,9-10H2,1-2H3. The molecule has 2 heteroatoms. The van der Waals surface area contributed by atoms with Crippen LogP contribution in [-0.4, -0.2) is 4.98 Å². The molecule has 4 rings (SSSR count). The van der Waals surface area contributed by atoms with Crippen LogP contribution >= 0.6 is 0 Å². The van der Waals surface area contributed by atoms with Crippen LogP contribution in [0.2, 0.25) is 0 Å². The molecule has 0 amide bonds. The van der Waals surface area contributed by atoms with Crippen LogP contribution in [0.3, 0.4) is 0 Å². The third-order valence-electron chi connectivity index (χ3n) is 5.36. The summed E-state index contributed by atoms with van der Waals surface area (Å²) >= 11 is 0. The normalized spacial score (nSPS) is 15.8. The summed E-state index contributed by atoms with van der Waals surface area (Å²) in [4.78, 5) is 3.44. The Bertz CT molecular complexity index is 835. The Morgan fingerprint density at radius 1 is 0.958 bits per heavy atom. The Labute approximate surface area is 143 Å². The van der Waals surface area contributed by atoms with Gasteiger partial charge in [-0.2, -0.15) is 0 Å². The molecule has 2 aromatic carbocycles. The second kappa shape index (κ2) is 6.35. The van der Waals surface area contributed by atoms with Gasteiger partial charge < -0.3 is 9.72 Å². The predicted molar refractivity (Wildman–Crippen MR) is 100 cm³/mol. The molecule has 0 radical (unpaired) electrons. The van der Waals surface area contributed by atoms with Gasteiger partial charge in [0.15, 0.2) is 0 Å². The van der Waals surface area contributed by atoms with E-state index in [1.165, 1.54) is 59.7 Å². The Morgan fingerprint density at radius 3 is 2.46 bits per heavy atom. The van der Waals surface area contributed by atoms with Gasteiger partial charge >= 0.3 is 0 Å². The van der Waals surface area contributed by atoms with Crippen LogP contribution in [0, 0.1) is 13.8 Å². The number of nitrogens with one attached hydrogen (secondary N) is 1. The van der Waals surface area contributed by atoms with Crippen LogP contribution in [0.15, 0.2) is 42.6 Å². The number of para-hydroxylation sites is 1. The summed E-state index contributed by atoms with van der Waals surface area (Å²) in [6, 6.07) is 12.7. The first-order valence-corrected chi connectivity index (χ1v) is 9.07. The van der Waals surface area contributed by atoms with E-state index in [1.807, 2.05) is 0 Å². The molecule has 0 unspecified atom stereocenters. The van der Waals surface area contributed by atoms with Crippen molar-refractivity contribution in [2.45, 2.75) is 51.9 Å².